The molecule has 1 saturated heterocycles. The largest absolute Gasteiger partial charge is 0.474 e. The quantitative estimate of drug-likeness (QED) is 0.103. The van der Waals surface area contributed by atoms with Gasteiger partial charge in [-0.15, -0.1) is 12.2 Å². The van der Waals surface area contributed by atoms with E-state index in [0.717, 1.165) is 0 Å². The molecule has 2 fully saturated rings. The lowest BCUT2D eigenvalue weighted by molar-refractivity contribution is -0.139. The Kier molecular flexibility index (Phi) is 11.2. The minimum absolute atomic E-state index is 0.00810. The van der Waals surface area contributed by atoms with Crippen molar-refractivity contribution in [3.63, 3.8) is 0 Å². The summed E-state index contributed by atoms with van der Waals surface area (Å²) in [6, 6.07) is 1.66. The number of hydrogen-bond acceptors (Lipinski definition) is 15. The van der Waals surface area contributed by atoms with Crippen LogP contribution >= 0.6 is 39.3 Å². The summed E-state index contributed by atoms with van der Waals surface area (Å²) < 4.78 is 49.3. The highest BCUT2D eigenvalue weighted by molar-refractivity contribution is 8.44. The Morgan fingerprint density at radius 3 is 2.84 bits per heavy atom. The van der Waals surface area contributed by atoms with Crippen LogP contribution in [0.25, 0.3) is 11.2 Å². The predicted octanol–water partition coefficient (Wildman–Crippen LogP) is 3.31. The molecule has 1 aliphatic heterocycles. The summed E-state index contributed by atoms with van der Waals surface area (Å²) in [5.41, 5.74) is -0.108. The Morgan fingerprint density at radius 2 is 2.11 bits per heavy atom. The minimum Gasteiger partial charge on any atom is -0.474 e. The average molecular weight is 690 g/mol. The summed E-state index contributed by atoms with van der Waals surface area (Å²) >= 11 is 8.36. The van der Waals surface area contributed by atoms with Crippen molar-refractivity contribution >= 4 is 62.9 Å². The van der Waals surface area contributed by atoms with Gasteiger partial charge in [-0.2, -0.15) is 4.98 Å². The number of H-pyrrole nitrogens is 1. The average Bonchev–Trinajstić information content (AvgIpc) is 3.68. The summed E-state index contributed by atoms with van der Waals surface area (Å²) in [6.45, 7) is 0.380. The molecule has 2 unspecified atom stereocenters. The van der Waals surface area contributed by atoms with Gasteiger partial charge >= 0.3 is 6.80 Å². The first kappa shape index (κ1) is 33.1. The van der Waals surface area contributed by atoms with Crippen LogP contribution in [-0.2, 0) is 32.4 Å². The third-order valence-corrected chi connectivity index (χ3v) is 9.32. The zero-order chi connectivity index (χ0) is 31.3. The van der Waals surface area contributed by atoms with Crippen molar-refractivity contribution in [2.24, 2.45) is 5.92 Å². The van der Waals surface area contributed by atoms with Gasteiger partial charge in [0.05, 0.1) is 39.8 Å². The second-order valence-corrected chi connectivity index (χ2v) is 14.4. The molecule has 240 valence electrons. The van der Waals surface area contributed by atoms with E-state index in [1.807, 2.05) is 13.8 Å². The fourth-order valence-corrected chi connectivity index (χ4v) is 7.29. The summed E-state index contributed by atoms with van der Waals surface area (Å²) in [5, 5.41) is 3.05. The number of thiol groups is 2. The second-order valence-electron chi connectivity index (χ2n) is 10.5. The number of nitrogens with zero attached hydrogens (tertiary/aromatic N) is 5. The molecule has 0 radical (unpaired) electrons. The van der Waals surface area contributed by atoms with E-state index >= 15 is 0 Å². The Morgan fingerprint density at radius 1 is 1.27 bits per heavy atom. The van der Waals surface area contributed by atoms with Gasteiger partial charge < -0.3 is 24.1 Å². The van der Waals surface area contributed by atoms with Crippen LogP contribution in [0.1, 0.15) is 39.3 Å². The zero-order valence-corrected chi connectivity index (χ0v) is 27.4. The summed E-state index contributed by atoms with van der Waals surface area (Å²) in [5.74, 6) is 0.529. The highest BCUT2D eigenvalue weighted by Crippen LogP contribution is 2.57. The third-order valence-electron chi connectivity index (χ3n) is 6.99. The van der Waals surface area contributed by atoms with E-state index in [1.54, 1.807) is 12.3 Å². The van der Waals surface area contributed by atoms with E-state index in [9.17, 15) is 14.2 Å². The van der Waals surface area contributed by atoms with E-state index < -0.39 is 36.9 Å². The molecule has 0 aromatic carbocycles. The van der Waals surface area contributed by atoms with Gasteiger partial charge in [0.2, 0.25) is 11.8 Å². The number of fused-ring (bicyclic) bond motifs is 1. The number of rotatable bonds is 15. The van der Waals surface area contributed by atoms with E-state index in [0.29, 0.717) is 31.8 Å². The fourth-order valence-electron chi connectivity index (χ4n) is 5.20. The van der Waals surface area contributed by atoms with Crippen molar-refractivity contribution in [3.05, 3.63) is 35.3 Å². The number of carbonyl (C=O) groups excluding carboxylic acids is 1. The Bertz CT molecular complexity index is 1520. The van der Waals surface area contributed by atoms with Crippen molar-refractivity contribution in [2.45, 2.75) is 69.8 Å². The zero-order valence-electron chi connectivity index (χ0n) is 23.7. The first-order valence-electron chi connectivity index (χ1n) is 13.7. The predicted molar refractivity (Wildman–Crippen MR) is 166 cm³/mol. The molecular formula is C24H33N7O9P2S2. The van der Waals surface area contributed by atoms with Crippen LogP contribution < -0.4 is 15.6 Å². The molecule has 5 rings (SSSR count). The molecule has 44 heavy (non-hydrogen) atoms. The molecule has 3 aromatic heterocycles. The maximum Gasteiger partial charge on any atom is 0.386 e. The number of hydrogen-bond donors (Lipinski definition) is 4. The van der Waals surface area contributed by atoms with Crippen molar-refractivity contribution < 1.29 is 37.1 Å². The fraction of sp³-hybridized carbons (Fsp3) is 0.583. The molecule has 0 spiro atoms. The van der Waals surface area contributed by atoms with E-state index in [2.05, 4.69) is 54.7 Å². The van der Waals surface area contributed by atoms with Gasteiger partial charge in [0.25, 0.3) is 12.0 Å². The Balaban J connectivity index is 1.24. The normalized spacial score (nSPS) is 26.8. The maximum absolute atomic E-state index is 13.4. The van der Waals surface area contributed by atoms with Crippen LogP contribution in [0, 0.1) is 5.92 Å². The van der Waals surface area contributed by atoms with E-state index in [4.69, 9.17) is 27.8 Å². The monoisotopic (exact) mass is 689 g/mol. The van der Waals surface area contributed by atoms with Crippen LogP contribution in [0.5, 0.6) is 5.88 Å². The molecule has 20 heteroatoms. The maximum atomic E-state index is 13.4. The third kappa shape index (κ3) is 8.29. The molecule has 0 bridgehead atoms. The highest BCUT2D eigenvalue weighted by atomic mass is 32.7. The number of aromatic nitrogens is 6. The molecule has 16 nitrogen and oxygen atoms in total. The van der Waals surface area contributed by atoms with Gasteiger partial charge in [-0.25, -0.2) is 19.5 Å². The van der Waals surface area contributed by atoms with Crippen LogP contribution in [0.15, 0.2) is 29.7 Å². The lowest BCUT2D eigenvalue weighted by atomic mass is 10.1. The molecule has 4 heterocycles. The molecule has 3 aromatic rings. The summed E-state index contributed by atoms with van der Waals surface area (Å²) in [4.78, 5) is 43.2. The molecule has 2 aliphatic rings. The highest BCUT2D eigenvalue weighted by Gasteiger charge is 2.43. The number of anilines is 1. The SMILES string of the molecule is CC(C)Nc1nc2c(ncn2[C@@H]2O[C@H](COP(=O)(S)O[C@H]3C[C@H](Oc4ccncn4)C[C@@H]3COPS)C[C@H]2OC=O)c(=O)[nH]1. The lowest BCUT2D eigenvalue weighted by Crippen LogP contribution is -2.23. The molecule has 8 atom stereocenters. The standard InChI is InChI=1S/C24H33N7O9P2S2/c1-13(2)28-24-29-21-20(22(33)30-24)27-11-31(21)23-18(35-12-32)7-16(39-23)9-37-42(34,44)40-17-6-15(5-14(17)8-36-41-43)38-19-3-4-25-10-26-19/h3-4,10-18,23,41,43H,5-9H2,1-2H3,(H,34,44)(H2,28,29,30,33)/t14-,15-,16+,17+,18-,23-,42?/m1/s1. The first-order valence-corrected chi connectivity index (χ1v) is 18.6. The van der Waals surface area contributed by atoms with Gasteiger partial charge in [-0.1, -0.05) is 12.2 Å². The topological polar surface area (TPSA) is 191 Å². The van der Waals surface area contributed by atoms with Crippen LogP contribution in [-0.4, -0.2) is 79.6 Å². The molecule has 0 amide bonds. The van der Waals surface area contributed by atoms with Crippen LogP contribution in [0.4, 0.5) is 5.95 Å². The van der Waals surface area contributed by atoms with Crippen LogP contribution in [0.2, 0.25) is 0 Å². The molecule has 2 N–H and O–H groups in total. The number of carbonyl (C=O) groups is 1. The number of imidazole rings is 1. The number of nitrogens with one attached hydrogen (secondary N) is 2. The molecule has 1 saturated carbocycles. The van der Waals surface area contributed by atoms with Crippen molar-refractivity contribution in [1.29, 1.82) is 0 Å². The van der Waals surface area contributed by atoms with Gasteiger partial charge in [-0.3, -0.25) is 28.2 Å². The van der Waals surface area contributed by atoms with E-state index in [1.165, 1.54) is 17.2 Å². The van der Waals surface area contributed by atoms with E-state index in [-0.39, 0.29) is 56.2 Å². The minimum atomic E-state index is -3.89. The van der Waals surface area contributed by atoms with Gasteiger partial charge in [-0.05, 0) is 20.3 Å². The summed E-state index contributed by atoms with van der Waals surface area (Å²) in [7, 11) is -0.0215. The Labute approximate surface area is 264 Å². The van der Waals surface area contributed by atoms with Crippen molar-refractivity contribution in [2.75, 3.05) is 18.5 Å². The van der Waals surface area contributed by atoms with Gasteiger partial charge in [0.1, 0.15) is 18.5 Å². The smallest absolute Gasteiger partial charge is 0.386 e. The first-order chi connectivity index (χ1) is 21.2. The lowest BCUT2D eigenvalue weighted by Gasteiger charge is -2.23. The second kappa shape index (κ2) is 14.9. The van der Waals surface area contributed by atoms with Gasteiger partial charge in [0.15, 0.2) is 17.4 Å². The van der Waals surface area contributed by atoms with Crippen LogP contribution in [0.3, 0.4) is 0 Å². The van der Waals surface area contributed by atoms with Crippen molar-refractivity contribution in [1.82, 2.24) is 29.5 Å². The molecular weight excluding hydrogens is 656 g/mol. The molecule has 1 aliphatic carbocycles. The Hall–Kier alpha value is -2.30. The summed E-state index contributed by atoms with van der Waals surface area (Å²) in [6.07, 6.45) is 2.45. The number of aromatic amines is 1. The van der Waals surface area contributed by atoms with Gasteiger partial charge in [0, 0.05) is 37.1 Å². The van der Waals surface area contributed by atoms with Crippen molar-refractivity contribution in [3.8, 4) is 5.88 Å². The number of ether oxygens (including phenoxy) is 3.